The molecule has 0 spiro atoms. The Hall–Kier alpha value is 0.943. The van der Waals surface area contributed by atoms with Crippen LogP contribution in [0.25, 0.3) is 0 Å². The molecule has 0 radical (unpaired) electrons. The molecular weight excluding hydrogens is 246 g/mol. The van der Waals surface area contributed by atoms with Crippen molar-refractivity contribution in [2.45, 2.75) is 20.3 Å². The van der Waals surface area contributed by atoms with E-state index in [0.717, 1.165) is 6.42 Å². The molecule has 0 N–H and O–H groups in total. The van der Waals surface area contributed by atoms with Gasteiger partial charge >= 0.3 is 0 Å². The standard InChI is InChI=1S/C7H9.2ClH.Zr/c1-6-3-4-7(2)5-6;;;/h5H,3H2,1-2H3;2*1H;/q-1;;;. The molecule has 0 aromatic heterocycles. The second-order valence-corrected chi connectivity index (χ2v) is 2.03. The average Bonchev–Trinajstić information content (AvgIpc) is 1.87. The van der Waals surface area contributed by atoms with E-state index >= 15 is 0 Å². The summed E-state index contributed by atoms with van der Waals surface area (Å²) < 4.78 is 0. The fourth-order valence-electron chi connectivity index (χ4n) is 0.751. The zero-order valence-electron chi connectivity index (χ0n) is 6.10. The molecule has 0 aromatic carbocycles. The summed E-state index contributed by atoms with van der Waals surface area (Å²) in [5, 5.41) is 0. The summed E-state index contributed by atoms with van der Waals surface area (Å²) in [5.74, 6) is 0. The van der Waals surface area contributed by atoms with Crippen molar-refractivity contribution in [3.05, 3.63) is 23.3 Å². The van der Waals surface area contributed by atoms with E-state index in [1.807, 2.05) is 0 Å². The van der Waals surface area contributed by atoms with Gasteiger partial charge in [0, 0.05) is 26.2 Å². The van der Waals surface area contributed by atoms with Crippen LogP contribution in [-0.4, -0.2) is 0 Å². The Morgan fingerprint density at radius 1 is 1.30 bits per heavy atom. The van der Waals surface area contributed by atoms with Gasteiger partial charge in [0.05, 0.1) is 0 Å². The summed E-state index contributed by atoms with van der Waals surface area (Å²) in [5.41, 5.74) is 2.72. The molecule has 0 aromatic rings. The maximum absolute atomic E-state index is 3.19. The summed E-state index contributed by atoms with van der Waals surface area (Å²) in [6, 6.07) is 0. The van der Waals surface area contributed by atoms with Crippen molar-refractivity contribution in [2.24, 2.45) is 0 Å². The van der Waals surface area contributed by atoms with E-state index in [1.165, 1.54) is 11.1 Å². The van der Waals surface area contributed by atoms with E-state index in [0.29, 0.717) is 0 Å². The van der Waals surface area contributed by atoms with Crippen molar-refractivity contribution in [1.82, 2.24) is 0 Å². The summed E-state index contributed by atoms with van der Waals surface area (Å²) in [6.45, 7) is 4.21. The van der Waals surface area contributed by atoms with Crippen LogP contribution >= 0.6 is 24.8 Å². The fourth-order valence-corrected chi connectivity index (χ4v) is 0.751. The second-order valence-electron chi connectivity index (χ2n) is 2.03. The van der Waals surface area contributed by atoms with E-state index in [-0.39, 0.29) is 51.0 Å². The van der Waals surface area contributed by atoms with Gasteiger partial charge in [0.25, 0.3) is 0 Å². The van der Waals surface area contributed by atoms with E-state index in [2.05, 4.69) is 26.0 Å². The van der Waals surface area contributed by atoms with Crippen LogP contribution in [0.2, 0.25) is 0 Å². The molecule has 1 aliphatic rings. The summed E-state index contributed by atoms with van der Waals surface area (Å²) >= 11 is 0. The van der Waals surface area contributed by atoms with Crippen LogP contribution < -0.4 is 0 Å². The molecule has 0 unspecified atom stereocenters. The molecule has 0 aliphatic heterocycles. The van der Waals surface area contributed by atoms with Crippen LogP contribution in [0.4, 0.5) is 0 Å². The van der Waals surface area contributed by atoms with Gasteiger partial charge in [-0.2, -0.15) is 5.57 Å². The fraction of sp³-hybridized carbons (Fsp3) is 0.429. The first-order valence-electron chi connectivity index (χ1n) is 2.53. The third kappa shape index (κ3) is 5.71. The number of halogens is 2. The van der Waals surface area contributed by atoms with Gasteiger partial charge in [-0.25, -0.2) is 11.6 Å². The Kier molecular flexibility index (Phi) is 13.8. The van der Waals surface area contributed by atoms with Crippen molar-refractivity contribution >= 4 is 24.8 Å². The number of hydrogen-bond acceptors (Lipinski definition) is 0. The minimum Gasteiger partial charge on any atom is -0.270 e. The molecule has 0 nitrogen and oxygen atoms in total. The van der Waals surface area contributed by atoms with Crippen LogP contribution in [0, 0.1) is 6.08 Å². The van der Waals surface area contributed by atoms with Gasteiger partial charge in [-0.05, 0) is 0 Å². The van der Waals surface area contributed by atoms with Gasteiger partial charge in [-0.1, -0.05) is 13.8 Å². The average molecular weight is 257 g/mol. The quantitative estimate of drug-likeness (QED) is 0.585. The Morgan fingerprint density at radius 3 is 1.90 bits per heavy atom. The molecule has 1 rings (SSSR count). The maximum Gasteiger partial charge on any atom is 0 e. The smallest absolute Gasteiger partial charge is 0 e. The van der Waals surface area contributed by atoms with Gasteiger partial charge in [0.15, 0.2) is 0 Å². The maximum atomic E-state index is 3.19. The Labute approximate surface area is 94.1 Å². The minimum absolute atomic E-state index is 0. The Bertz CT molecular complexity index is 139. The van der Waals surface area contributed by atoms with Gasteiger partial charge in [0.1, 0.15) is 0 Å². The molecule has 3 heteroatoms. The number of allylic oxidation sites excluding steroid dienone is 4. The molecule has 0 heterocycles. The van der Waals surface area contributed by atoms with Crippen LogP contribution in [0.5, 0.6) is 0 Å². The van der Waals surface area contributed by atoms with Crippen molar-refractivity contribution in [3.8, 4) is 0 Å². The molecule has 0 bridgehead atoms. The number of hydrogen-bond donors (Lipinski definition) is 0. The predicted molar refractivity (Wildman–Crippen MR) is 45.3 cm³/mol. The second kappa shape index (κ2) is 8.04. The van der Waals surface area contributed by atoms with E-state index in [4.69, 9.17) is 0 Å². The molecule has 0 fully saturated rings. The zero-order chi connectivity index (χ0) is 5.28. The molecule has 0 saturated carbocycles. The van der Waals surface area contributed by atoms with Crippen LogP contribution in [0.3, 0.4) is 0 Å². The zero-order valence-corrected chi connectivity index (χ0v) is 10.2. The normalized spacial score (nSPS) is 13.4. The number of rotatable bonds is 0. The third-order valence-corrected chi connectivity index (χ3v) is 1.11. The SMILES string of the molecule is CC1=[C-]CC(C)=C1.Cl.Cl.[Zr]. The summed E-state index contributed by atoms with van der Waals surface area (Å²) in [7, 11) is 0. The van der Waals surface area contributed by atoms with E-state index < -0.39 is 0 Å². The van der Waals surface area contributed by atoms with E-state index in [1.54, 1.807) is 0 Å². The van der Waals surface area contributed by atoms with Crippen molar-refractivity contribution < 1.29 is 26.2 Å². The van der Waals surface area contributed by atoms with Crippen molar-refractivity contribution in [2.75, 3.05) is 0 Å². The van der Waals surface area contributed by atoms with Gasteiger partial charge in [-0.15, -0.1) is 31.2 Å². The summed E-state index contributed by atoms with van der Waals surface area (Å²) in [6.07, 6.45) is 6.41. The first-order chi connectivity index (χ1) is 3.29. The molecule has 0 amide bonds. The predicted octanol–water partition coefficient (Wildman–Crippen LogP) is 2.93. The van der Waals surface area contributed by atoms with Crippen LogP contribution in [0.15, 0.2) is 17.2 Å². The molecule has 0 saturated heterocycles. The van der Waals surface area contributed by atoms with Gasteiger partial charge in [-0.3, -0.25) is 6.08 Å². The topological polar surface area (TPSA) is 0 Å². The van der Waals surface area contributed by atoms with Crippen LogP contribution in [0.1, 0.15) is 20.3 Å². The van der Waals surface area contributed by atoms with E-state index in [9.17, 15) is 0 Å². The Morgan fingerprint density at radius 2 is 1.80 bits per heavy atom. The largest absolute Gasteiger partial charge is 0.270 e. The first-order valence-corrected chi connectivity index (χ1v) is 2.53. The first kappa shape index (κ1) is 17.1. The Balaban J connectivity index is -0.000000163. The molecule has 1 aliphatic carbocycles. The minimum atomic E-state index is 0. The molecule has 58 valence electrons. The van der Waals surface area contributed by atoms with Crippen LogP contribution in [-0.2, 0) is 26.2 Å². The van der Waals surface area contributed by atoms with Crippen molar-refractivity contribution in [1.29, 1.82) is 0 Å². The molecule has 0 atom stereocenters. The van der Waals surface area contributed by atoms with Crippen molar-refractivity contribution in [3.63, 3.8) is 0 Å². The molecular formula is C7H11Cl2Zr-. The third-order valence-electron chi connectivity index (χ3n) is 1.11. The van der Waals surface area contributed by atoms with Gasteiger partial charge in [0.2, 0.25) is 0 Å². The monoisotopic (exact) mass is 255 g/mol. The summed E-state index contributed by atoms with van der Waals surface area (Å²) in [4.78, 5) is 0. The molecule has 10 heavy (non-hydrogen) atoms. The van der Waals surface area contributed by atoms with Gasteiger partial charge < -0.3 is 0 Å².